The third-order valence-corrected chi connectivity index (χ3v) is 9.85. The quantitative estimate of drug-likeness (QED) is 0.296. The maximum Gasteiger partial charge on any atom is 0.338 e. The Morgan fingerprint density at radius 1 is 1.05 bits per heavy atom. The van der Waals surface area contributed by atoms with Gasteiger partial charge in [-0.2, -0.15) is 4.31 Å². The van der Waals surface area contributed by atoms with Crippen molar-refractivity contribution in [2.75, 3.05) is 11.5 Å². The van der Waals surface area contributed by atoms with E-state index in [2.05, 4.69) is 0 Å². The van der Waals surface area contributed by atoms with Crippen LogP contribution in [0.2, 0.25) is 0 Å². The molecule has 1 aromatic heterocycles. The SMILES string of the molecule is CCOC(=O)c1ccc(N2C(=O)CC(N(Cc3cccs3)S(=O)(=O)c3c(C)c(C)cc(C)c3C)C2=O)cc1. The highest BCUT2D eigenvalue weighted by atomic mass is 32.2. The first-order valence-electron chi connectivity index (χ1n) is 12.2. The summed E-state index contributed by atoms with van der Waals surface area (Å²) in [6, 6.07) is 10.3. The molecule has 0 spiro atoms. The molecule has 38 heavy (non-hydrogen) atoms. The zero-order chi connectivity index (χ0) is 27.8. The standard InChI is InChI=1S/C28H30N2O6S2/c1-6-36-28(33)21-9-11-22(12-10-21)30-25(31)15-24(27(30)32)29(16-23-8-7-13-37-23)38(34,35)26-19(4)17(2)14-18(3)20(26)5/h7-14,24H,6,15-16H2,1-5H3. The molecule has 4 rings (SSSR count). The lowest BCUT2D eigenvalue weighted by molar-refractivity contribution is -0.122. The molecule has 1 atom stereocenters. The number of nitrogens with zero attached hydrogens (tertiary/aromatic N) is 2. The van der Waals surface area contributed by atoms with Gasteiger partial charge in [-0.1, -0.05) is 12.1 Å². The highest BCUT2D eigenvalue weighted by Gasteiger charge is 2.47. The van der Waals surface area contributed by atoms with Gasteiger partial charge in [0.1, 0.15) is 6.04 Å². The van der Waals surface area contributed by atoms with E-state index in [1.165, 1.54) is 39.9 Å². The Balaban J connectivity index is 1.75. The number of anilines is 1. The molecule has 1 unspecified atom stereocenters. The zero-order valence-electron chi connectivity index (χ0n) is 22.0. The second-order valence-corrected chi connectivity index (χ2v) is 12.1. The molecule has 0 bridgehead atoms. The third kappa shape index (κ3) is 5.03. The fourth-order valence-corrected chi connectivity index (χ4v) is 7.60. The average molecular weight is 555 g/mol. The largest absolute Gasteiger partial charge is 0.462 e. The molecule has 200 valence electrons. The van der Waals surface area contributed by atoms with Gasteiger partial charge in [-0.25, -0.2) is 18.1 Å². The van der Waals surface area contributed by atoms with Crippen molar-refractivity contribution in [1.29, 1.82) is 0 Å². The van der Waals surface area contributed by atoms with E-state index in [1.807, 2.05) is 37.4 Å². The monoisotopic (exact) mass is 554 g/mol. The van der Waals surface area contributed by atoms with Gasteiger partial charge in [0, 0.05) is 11.4 Å². The molecule has 0 N–H and O–H groups in total. The molecule has 2 heterocycles. The molecule has 0 aliphatic carbocycles. The molecule has 2 amide bonds. The first-order valence-corrected chi connectivity index (χ1v) is 14.5. The number of esters is 1. The number of amides is 2. The van der Waals surface area contributed by atoms with Crippen molar-refractivity contribution in [2.45, 2.75) is 58.5 Å². The molecule has 1 aliphatic heterocycles. The van der Waals surface area contributed by atoms with Gasteiger partial charge >= 0.3 is 5.97 Å². The number of ether oxygens (including phenoxy) is 1. The van der Waals surface area contributed by atoms with Gasteiger partial charge < -0.3 is 4.74 Å². The predicted octanol–water partition coefficient (Wildman–Crippen LogP) is 4.68. The maximum absolute atomic E-state index is 14.3. The normalized spacial score (nSPS) is 15.9. The maximum atomic E-state index is 14.3. The molecule has 3 aromatic rings. The van der Waals surface area contributed by atoms with Gasteiger partial charge in [0.25, 0.3) is 5.91 Å². The van der Waals surface area contributed by atoms with Gasteiger partial charge in [0.05, 0.1) is 29.2 Å². The second-order valence-electron chi connectivity index (χ2n) is 9.27. The number of thiophene rings is 1. The van der Waals surface area contributed by atoms with E-state index in [9.17, 15) is 22.8 Å². The van der Waals surface area contributed by atoms with Gasteiger partial charge in [0.2, 0.25) is 15.9 Å². The number of imide groups is 1. The number of sulfonamides is 1. The molecule has 8 nitrogen and oxygen atoms in total. The summed E-state index contributed by atoms with van der Waals surface area (Å²) < 4.78 is 34.7. The van der Waals surface area contributed by atoms with Gasteiger partial charge in [-0.3, -0.25) is 9.59 Å². The number of hydrogen-bond acceptors (Lipinski definition) is 7. The fraction of sp³-hybridized carbons (Fsp3) is 0.321. The van der Waals surface area contributed by atoms with Crippen LogP contribution in [0.4, 0.5) is 5.69 Å². The molecular formula is C28H30N2O6S2. The van der Waals surface area contributed by atoms with E-state index in [0.717, 1.165) is 20.9 Å². The summed E-state index contributed by atoms with van der Waals surface area (Å²) in [5.74, 6) is -1.65. The van der Waals surface area contributed by atoms with Crippen molar-refractivity contribution in [3.05, 3.63) is 80.5 Å². The van der Waals surface area contributed by atoms with Crippen LogP contribution >= 0.6 is 11.3 Å². The first-order chi connectivity index (χ1) is 18.0. The van der Waals surface area contributed by atoms with Crippen molar-refractivity contribution in [3.8, 4) is 0 Å². The average Bonchev–Trinajstić information content (AvgIpc) is 3.48. The van der Waals surface area contributed by atoms with Crippen molar-refractivity contribution in [3.63, 3.8) is 0 Å². The molecule has 1 aliphatic rings. The van der Waals surface area contributed by atoms with Gasteiger partial charge in [0.15, 0.2) is 0 Å². The summed E-state index contributed by atoms with van der Waals surface area (Å²) in [6.07, 6.45) is -0.286. The molecule has 10 heteroatoms. The van der Waals surface area contributed by atoms with E-state index < -0.39 is 33.8 Å². The second kappa shape index (κ2) is 10.8. The Labute approximate surface area is 226 Å². The minimum absolute atomic E-state index is 0.0365. The van der Waals surface area contributed by atoms with E-state index >= 15 is 0 Å². The Morgan fingerprint density at radius 3 is 2.24 bits per heavy atom. The van der Waals surface area contributed by atoms with E-state index in [1.54, 1.807) is 20.8 Å². The topological polar surface area (TPSA) is 101 Å². The number of hydrogen-bond donors (Lipinski definition) is 0. The zero-order valence-corrected chi connectivity index (χ0v) is 23.6. The van der Waals surface area contributed by atoms with Crippen LogP contribution in [0.1, 0.15) is 50.8 Å². The van der Waals surface area contributed by atoms with Crippen molar-refractivity contribution in [1.82, 2.24) is 4.31 Å². The summed E-state index contributed by atoms with van der Waals surface area (Å²) >= 11 is 1.38. The first kappa shape index (κ1) is 27.7. The van der Waals surface area contributed by atoms with Crippen LogP contribution in [-0.4, -0.2) is 43.2 Å². The minimum atomic E-state index is -4.17. The molecule has 0 radical (unpaired) electrons. The van der Waals surface area contributed by atoms with Crippen LogP contribution < -0.4 is 4.90 Å². The highest BCUT2D eigenvalue weighted by Crippen LogP contribution is 2.35. The summed E-state index contributed by atoms with van der Waals surface area (Å²) in [4.78, 5) is 40.8. The Morgan fingerprint density at radius 2 is 1.68 bits per heavy atom. The molecule has 0 saturated carbocycles. The number of carbonyl (C=O) groups excluding carboxylic acids is 3. The van der Waals surface area contributed by atoms with Crippen molar-refractivity contribution >= 4 is 44.8 Å². The van der Waals surface area contributed by atoms with E-state index in [0.29, 0.717) is 11.1 Å². The molecule has 1 fully saturated rings. The Bertz CT molecular complexity index is 1470. The minimum Gasteiger partial charge on any atom is -0.462 e. The number of benzene rings is 2. The van der Waals surface area contributed by atoms with Crippen molar-refractivity contribution in [2.24, 2.45) is 0 Å². The number of rotatable bonds is 8. The third-order valence-electron chi connectivity index (χ3n) is 6.86. The van der Waals surface area contributed by atoms with Gasteiger partial charge in [-0.05, 0) is 92.6 Å². The van der Waals surface area contributed by atoms with Crippen LogP contribution in [-0.2, 0) is 30.9 Å². The van der Waals surface area contributed by atoms with Crippen LogP contribution in [0.15, 0.2) is 52.7 Å². The lowest BCUT2D eigenvalue weighted by Gasteiger charge is -2.28. The fourth-order valence-electron chi connectivity index (χ4n) is 4.68. The van der Waals surface area contributed by atoms with Crippen LogP contribution in [0.25, 0.3) is 0 Å². The highest BCUT2D eigenvalue weighted by molar-refractivity contribution is 7.89. The summed E-state index contributed by atoms with van der Waals surface area (Å²) in [7, 11) is -4.17. The Kier molecular flexibility index (Phi) is 7.87. The van der Waals surface area contributed by atoms with Crippen LogP contribution in [0, 0.1) is 27.7 Å². The summed E-state index contributed by atoms with van der Waals surface area (Å²) in [5, 5.41) is 1.84. The van der Waals surface area contributed by atoms with E-state index in [-0.39, 0.29) is 35.7 Å². The van der Waals surface area contributed by atoms with Gasteiger partial charge in [-0.15, -0.1) is 11.3 Å². The molecule has 1 saturated heterocycles. The van der Waals surface area contributed by atoms with Crippen molar-refractivity contribution < 1.29 is 27.5 Å². The summed E-state index contributed by atoms with van der Waals surface area (Å²) in [6.45, 7) is 9.12. The molecule has 2 aromatic carbocycles. The van der Waals surface area contributed by atoms with Crippen LogP contribution in [0.5, 0.6) is 0 Å². The predicted molar refractivity (Wildman–Crippen MR) is 146 cm³/mol. The molecular weight excluding hydrogens is 524 g/mol. The van der Waals surface area contributed by atoms with Crippen LogP contribution in [0.3, 0.4) is 0 Å². The number of aryl methyl sites for hydroxylation is 2. The van der Waals surface area contributed by atoms with E-state index in [4.69, 9.17) is 4.74 Å². The lowest BCUT2D eigenvalue weighted by atomic mass is 10.0. The lowest BCUT2D eigenvalue weighted by Crippen LogP contribution is -2.45. The smallest absolute Gasteiger partial charge is 0.338 e. The summed E-state index contributed by atoms with van der Waals surface area (Å²) in [5.41, 5.74) is 3.45. The Hall–Kier alpha value is -3.34. The number of carbonyl (C=O) groups is 3.